The van der Waals surface area contributed by atoms with Gasteiger partial charge in [-0.15, -0.1) is 0 Å². The Bertz CT molecular complexity index is 1440. The number of hydrogen-bond acceptors (Lipinski definition) is 5. The Morgan fingerprint density at radius 3 is 2.17 bits per heavy atom. The summed E-state index contributed by atoms with van der Waals surface area (Å²) in [6.45, 7) is 3.70. The van der Waals surface area contributed by atoms with Gasteiger partial charge in [0.15, 0.2) is 0 Å². The molecule has 36 heavy (non-hydrogen) atoms. The fourth-order valence-electron chi connectivity index (χ4n) is 5.30. The lowest BCUT2D eigenvalue weighted by atomic mass is 9.87. The van der Waals surface area contributed by atoms with Gasteiger partial charge < -0.3 is 15.0 Å². The molecule has 0 saturated carbocycles. The van der Waals surface area contributed by atoms with Crippen molar-refractivity contribution in [3.8, 4) is 11.5 Å². The number of benzene rings is 3. The molecule has 0 atom stereocenters. The van der Waals surface area contributed by atoms with Crippen molar-refractivity contribution >= 4 is 16.7 Å². The third-order valence-corrected chi connectivity index (χ3v) is 7.14. The van der Waals surface area contributed by atoms with Gasteiger partial charge in [0.25, 0.3) is 5.56 Å². The minimum Gasteiger partial charge on any atom is -0.457 e. The summed E-state index contributed by atoms with van der Waals surface area (Å²) in [4.78, 5) is 29.1. The molecule has 2 aliphatic heterocycles. The minimum atomic E-state index is -0.488. The highest BCUT2D eigenvalue weighted by molar-refractivity contribution is 5.90. The summed E-state index contributed by atoms with van der Waals surface area (Å²) in [6, 6.07) is 22.8. The number of likely N-dealkylation sites (tertiary alicyclic amines) is 1. The molecule has 3 heterocycles. The summed E-state index contributed by atoms with van der Waals surface area (Å²) < 4.78 is 7.60. The number of carbonyl (C=O) groups excluding carboxylic acids is 1. The summed E-state index contributed by atoms with van der Waals surface area (Å²) in [7, 11) is 0. The molecule has 1 aromatic heterocycles. The van der Waals surface area contributed by atoms with Gasteiger partial charge in [-0.05, 0) is 44.1 Å². The lowest BCUT2D eigenvalue weighted by Crippen LogP contribution is -2.34. The van der Waals surface area contributed by atoms with Crippen LogP contribution in [0.1, 0.15) is 35.6 Å². The molecule has 0 unspecified atom stereocenters. The number of ether oxygens (including phenoxy) is 1. The van der Waals surface area contributed by atoms with Crippen LogP contribution in [0.4, 0.5) is 0 Å². The fourth-order valence-corrected chi connectivity index (χ4v) is 5.30. The van der Waals surface area contributed by atoms with Gasteiger partial charge in [-0.3, -0.25) is 9.59 Å². The van der Waals surface area contributed by atoms with E-state index in [1.165, 1.54) is 12.8 Å². The number of aromatic nitrogens is 2. The van der Waals surface area contributed by atoms with Crippen LogP contribution in [-0.2, 0) is 17.9 Å². The van der Waals surface area contributed by atoms with Crippen LogP contribution in [0.15, 0.2) is 77.6 Å². The molecule has 1 amide bonds. The van der Waals surface area contributed by atoms with E-state index in [1.807, 2.05) is 72.8 Å². The lowest BCUT2D eigenvalue weighted by Gasteiger charge is -2.27. The van der Waals surface area contributed by atoms with Crippen LogP contribution in [0.25, 0.3) is 10.8 Å². The average molecular weight is 481 g/mol. The van der Waals surface area contributed by atoms with Crippen molar-refractivity contribution in [3.63, 3.8) is 0 Å². The Morgan fingerprint density at radius 1 is 0.861 bits per heavy atom. The first kappa shape index (κ1) is 22.5. The number of hydrogen-bond donors (Lipinski definition) is 1. The number of fused-ring (bicyclic) bond motifs is 3. The second-order valence-electron chi connectivity index (χ2n) is 9.40. The van der Waals surface area contributed by atoms with Crippen molar-refractivity contribution in [2.24, 2.45) is 0 Å². The first-order chi connectivity index (χ1) is 17.7. The zero-order valence-corrected chi connectivity index (χ0v) is 20.0. The number of carbonyl (C=O) groups is 1. The van der Waals surface area contributed by atoms with E-state index in [4.69, 9.17) is 9.84 Å². The maximum atomic E-state index is 13.6. The van der Waals surface area contributed by atoms with Crippen molar-refractivity contribution in [1.29, 1.82) is 0 Å². The molecule has 0 spiro atoms. The molecular formula is C29H28N4O3. The molecular weight excluding hydrogens is 452 g/mol. The summed E-state index contributed by atoms with van der Waals surface area (Å²) >= 11 is 0. The highest BCUT2D eigenvalue weighted by Crippen LogP contribution is 2.43. The minimum absolute atomic E-state index is 0.0906. The molecule has 7 heteroatoms. The van der Waals surface area contributed by atoms with Gasteiger partial charge >= 0.3 is 0 Å². The maximum absolute atomic E-state index is 13.6. The second kappa shape index (κ2) is 9.59. The molecule has 6 rings (SSSR count). The zero-order valence-electron chi connectivity index (χ0n) is 20.0. The summed E-state index contributed by atoms with van der Waals surface area (Å²) in [5.74, 6) is 0.767. The monoisotopic (exact) mass is 480 g/mol. The predicted molar refractivity (Wildman–Crippen MR) is 138 cm³/mol. The average Bonchev–Trinajstić information content (AvgIpc) is 3.44. The van der Waals surface area contributed by atoms with Crippen LogP contribution >= 0.6 is 0 Å². The standard InChI is InChI=1S/C29H28N4O3/c34-28(27-22-11-3-5-13-25(22)36-26-14-6-4-12-23(26)27)30-19-24-20-9-1-2-10-21(20)29(35)33(31-24)18-17-32-15-7-8-16-32/h1-6,9-14,27H,7-8,15-19H2,(H,30,34). The zero-order chi connectivity index (χ0) is 24.5. The van der Waals surface area contributed by atoms with Crippen LogP contribution in [0.3, 0.4) is 0 Å². The summed E-state index contributed by atoms with van der Waals surface area (Å²) in [6.07, 6.45) is 2.41. The number of rotatable bonds is 6. The van der Waals surface area contributed by atoms with Gasteiger partial charge in [0.2, 0.25) is 5.91 Å². The van der Waals surface area contributed by atoms with E-state index in [1.54, 1.807) is 4.68 Å². The molecule has 3 aromatic carbocycles. The van der Waals surface area contributed by atoms with Crippen LogP contribution in [0, 0.1) is 0 Å². The van der Waals surface area contributed by atoms with Crippen molar-refractivity contribution in [2.45, 2.75) is 31.8 Å². The largest absolute Gasteiger partial charge is 0.457 e. The van der Waals surface area contributed by atoms with Gasteiger partial charge in [0.05, 0.1) is 30.1 Å². The fraction of sp³-hybridized carbons (Fsp3) is 0.276. The Kier molecular flexibility index (Phi) is 5.99. The first-order valence-electron chi connectivity index (χ1n) is 12.5. The molecule has 4 aromatic rings. The quantitative estimate of drug-likeness (QED) is 0.451. The molecule has 1 fully saturated rings. The smallest absolute Gasteiger partial charge is 0.274 e. The topological polar surface area (TPSA) is 76.5 Å². The molecule has 0 bridgehead atoms. The number of para-hydroxylation sites is 2. The van der Waals surface area contributed by atoms with E-state index in [9.17, 15) is 9.59 Å². The third-order valence-electron chi connectivity index (χ3n) is 7.14. The van der Waals surface area contributed by atoms with Gasteiger partial charge in [-0.2, -0.15) is 5.10 Å². The Balaban J connectivity index is 1.29. The normalized spacial score (nSPS) is 15.3. The Morgan fingerprint density at radius 2 is 1.47 bits per heavy atom. The molecule has 0 aliphatic carbocycles. The van der Waals surface area contributed by atoms with Crippen molar-refractivity contribution in [2.75, 3.05) is 19.6 Å². The van der Waals surface area contributed by atoms with Crippen LogP contribution in [-0.4, -0.2) is 40.2 Å². The van der Waals surface area contributed by atoms with Crippen molar-refractivity contribution in [1.82, 2.24) is 20.0 Å². The van der Waals surface area contributed by atoms with E-state index < -0.39 is 5.92 Å². The van der Waals surface area contributed by atoms with E-state index in [0.717, 1.165) is 36.1 Å². The van der Waals surface area contributed by atoms with Crippen molar-refractivity contribution in [3.05, 3.63) is 100.0 Å². The highest BCUT2D eigenvalue weighted by Gasteiger charge is 2.32. The molecule has 182 valence electrons. The lowest BCUT2D eigenvalue weighted by molar-refractivity contribution is -0.122. The third kappa shape index (κ3) is 4.16. The van der Waals surface area contributed by atoms with Crippen LogP contribution < -0.4 is 15.6 Å². The molecule has 1 N–H and O–H groups in total. The predicted octanol–water partition coefficient (Wildman–Crippen LogP) is 4.05. The van der Waals surface area contributed by atoms with E-state index >= 15 is 0 Å². The van der Waals surface area contributed by atoms with Crippen LogP contribution in [0.2, 0.25) is 0 Å². The van der Waals surface area contributed by atoms with Gasteiger partial charge in [0, 0.05) is 23.1 Å². The molecule has 7 nitrogen and oxygen atoms in total. The first-order valence-corrected chi connectivity index (χ1v) is 12.5. The van der Waals surface area contributed by atoms with Crippen LogP contribution in [0.5, 0.6) is 11.5 Å². The molecule has 1 saturated heterocycles. The number of nitrogens with zero attached hydrogens (tertiary/aromatic N) is 3. The summed E-state index contributed by atoms with van der Waals surface area (Å²) in [5, 5.41) is 9.21. The maximum Gasteiger partial charge on any atom is 0.274 e. The highest BCUT2D eigenvalue weighted by atomic mass is 16.5. The Hall–Kier alpha value is -3.97. The van der Waals surface area contributed by atoms with Gasteiger partial charge in [-0.1, -0.05) is 54.6 Å². The van der Waals surface area contributed by atoms with Gasteiger partial charge in [-0.25, -0.2) is 4.68 Å². The van der Waals surface area contributed by atoms with Gasteiger partial charge in [0.1, 0.15) is 11.5 Å². The SMILES string of the molecule is O=C(NCc1nn(CCN2CCCC2)c(=O)c2ccccc12)C1c2ccccc2Oc2ccccc21. The number of amides is 1. The number of nitrogens with one attached hydrogen (secondary N) is 1. The molecule has 0 radical (unpaired) electrons. The van der Waals surface area contributed by atoms with E-state index in [0.29, 0.717) is 29.1 Å². The second-order valence-corrected chi connectivity index (χ2v) is 9.40. The molecule has 2 aliphatic rings. The van der Waals surface area contributed by atoms with E-state index in [-0.39, 0.29) is 18.0 Å². The Labute approximate surface area is 209 Å². The van der Waals surface area contributed by atoms with E-state index in [2.05, 4.69) is 10.2 Å². The summed E-state index contributed by atoms with van der Waals surface area (Å²) in [5.41, 5.74) is 2.27. The van der Waals surface area contributed by atoms with Crippen molar-refractivity contribution < 1.29 is 9.53 Å².